The molecule has 0 aliphatic rings. The number of hydrogen-bond donors (Lipinski definition) is 2. The molecule has 2 heterocycles. The van der Waals surface area contributed by atoms with Crippen molar-refractivity contribution in [2.24, 2.45) is 7.05 Å². The summed E-state index contributed by atoms with van der Waals surface area (Å²) < 4.78 is 1.78. The van der Waals surface area contributed by atoms with Crippen LogP contribution >= 0.6 is 11.6 Å². The number of halogens is 1. The van der Waals surface area contributed by atoms with E-state index in [1.54, 1.807) is 16.9 Å². The van der Waals surface area contributed by atoms with Gasteiger partial charge in [0, 0.05) is 12.4 Å². The Morgan fingerprint density at radius 2 is 2.15 bits per heavy atom. The van der Waals surface area contributed by atoms with E-state index in [2.05, 4.69) is 15.4 Å². The number of nitrogens with zero attached hydrogens (tertiary/aromatic N) is 3. The van der Waals surface area contributed by atoms with Gasteiger partial charge in [0.2, 0.25) is 0 Å². The molecule has 2 N–H and O–H groups in total. The molecule has 0 radical (unpaired) electrons. The van der Waals surface area contributed by atoms with Gasteiger partial charge >= 0.3 is 6.09 Å². The van der Waals surface area contributed by atoms with Gasteiger partial charge in [0.05, 0.1) is 23.4 Å². The first-order chi connectivity index (χ1) is 13.0. The van der Waals surface area contributed by atoms with Crippen molar-refractivity contribution in [3.63, 3.8) is 0 Å². The van der Waals surface area contributed by atoms with Crippen molar-refractivity contribution in [3.8, 4) is 0 Å². The molecule has 1 aromatic carbocycles. The molecule has 2 aromatic heterocycles. The largest absolute Gasteiger partial charge is 0.465 e. The maximum absolute atomic E-state index is 11.1. The van der Waals surface area contributed by atoms with Crippen LogP contribution in [0.5, 0.6) is 0 Å². The third-order valence-electron chi connectivity index (χ3n) is 4.35. The van der Waals surface area contributed by atoms with Crippen LogP contribution in [0, 0.1) is 0 Å². The molecule has 0 aliphatic carbocycles. The summed E-state index contributed by atoms with van der Waals surface area (Å²) in [4.78, 5) is 15.4. The first-order valence-corrected chi connectivity index (χ1v) is 9.11. The lowest BCUT2D eigenvalue weighted by atomic mass is 10.0. The summed E-state index contributed by atoms with van der Waals surface area (Å²) in [5.74, 6) is 0. The number of aromatic nitrogens is 3. The zero-order valence-electron chi connectivity index (χ0n) is 15.0. The van der Waals surface area contributed by atoms with Gasteiger partial charge in [-0.2, -0.15) is 5.10 Å². The molecule has 0 bridgehead atoms. The number of hydrogen-bond acceptors (Lipinski definition) is 3. The highest BCUT2D eigenvalue weighted by atomic mass is 35.5. The monoisotopic (exact) mass is 384 g/mol. The number of carbonyl (C=O) groups is 1. The first kappa shape index (κ1) is 18.9. The number of carboxylic acid groups (broad SMARTS) is 1. The van der Waals surface area contributed by atoms with E-state index in [4.69, 9.17) is 16.7 Å². The van der Waals surface area contributed by atoms with Crippen LogP contribution in [0.15, 0.2) is 48.7 Å². The Morgan fingerprint density at radius 3 is 2.89 bits per heavy atom. The van der Waals surface area contributed by atoms with Crippen LogP contribution < -0.4 is 5.32 Å². The van der Waals surface area contributed by atoms with E-state index >= 15 is 0 Å². The number of pyridine rings is 1. The Hall–Kier alpha value is -2.86. The molecule has 0 saturated carbocycles. The predicted octanol–water partition coefficient (Wildman–Crippen LogP) is 4.81. The third-order valence-corrected chi connectivity index (χ3v) is 4.54. The normalized spacial score (nSPS) is 12.5. The topological polar surface area (TPSA) is 80.0 Å². The Kier molecular flexibility index (Phi) is 6.08. The number of rotatable bonds is 7. The molecular formula is C20H21ClN4O2. The fourth-order valence-electron chi connectivity index (χ4n) is 3.11. The third kappa shape index (κ3) is 4.86. The molecule has 1 amide bonds. The Labute approximate surface area is 162 Å². The Balaban J connectivity index is 1.63. The lowest BCUT2D eigenvalue weighted by Crippen LogP contribution is -2.26. The highest BCUT2D eigenvalue weighted by Crippen LogP contribution is 2.22. The van der Waals surface area contributed by atoms with Crippen molar-refractivity contribution in [2.75, 3.05) is 0 Å². The van der Waals surface area contributed by atoms with Crippen LogP contribution in [0.2, 0.25) is 5.15 Å². The van der Waals surface area contributed by atoms with Crippen LogP contribution in [0.25, 0.3) is 17.0 Å². The van der Waals surface area contributed by atoms with E-state index in [0.717, 1.165) is 35.0 Å². The van der Waals surface area contributed by atoms with E-state index in [0.29, 0.717) is 11.6 Å². The number of amides is 1. The number of nitrogens with one attached hydrogen (secondary N) is 1. The minimum atomic E-state index is -1.01. The minimum Gasteiger partial charge on any atom is -0.465 e. The number of allylic oxidation sites excluding steroid dienone is 1. The van der Waals surface area contributed by atoms with Crippen LogP contribution in [0.4, 0.5) is 4.79 Å². The second kappa shape index (κ2) is 8.68. The average molecular weight is 385 g/mol. The fourth-order valence-corrected chi connectivity index (χ4v) is 3.32. The maximum atomic E-state index is 11.1. The lowest BCUT2D eigenvalue weighted by Gasteiger charge is -2.16. The molecule has 0 aliphatic heterocycles. The number of fused-ring (bicyclic) bond motifs is 1. The van der Waals surface area contributed by atoms with Crippen LogP contribution in [-0.2, 0) is 7.05 Å². The van der Waals surface area contributed by atoms with Crippen molar-refractivity contribution in [1.82, 2.24) is 20.1 Å². The van der Waals surface area contributed by atoms with Crippen LogP contribution in [-0.4, -0.2) is 26.0 Å². The summed E-state index contributed by atoms with van der Waals surface area (Å²) in [6.07, 6.45) is 7.09. The molecule has 1 unspecified atom stereocenters. The summed E-state index contributed by atoms with van der Waals surface area (Å²) in [6.45, 7) is 0. The van der Waals surface area contributed by atoms with Gasteiger partial charge in [-0.15, -0.1) is 0 Å². The lowest BCUT2D eigenvalue weighted by molar-refractivity contribution is 0.189. The van der Waals surface area contributed by atoms with Crippen LogP contribution in [0.1, 0.15) is 36.6 Å². The molecule has 0 saturated heterocycles. The van der Waals surface area contributed by atoms with Gasteiger partial charge in [-0.25, -0.2) is 9.78 Å². The Morgan fingerprint density at radius 1 is 1.37 bits per heavy atom. The predicted molar refractivity (Wildman–Crippen MR) is 107 cm³/mol. The molecular weight excluding hydrogens is 364 g/mol. The molecule has 7 heteroatoms. The molecule has 6 nitrogen and oxygen atoms in total. The van der Waals surface area contributed by atoms with Crippen molar-refractivity contribution in [3.05, 3.63) is 65.1 Å². The minimum absolute atomic E-state index is 0.217. The van der Waals surface area contributed by atoms with Crippen molar-refractivity contribution < 1.29 is 9.90 Å². The molecule has 27 heavy (non-hydrogen) atoms. The van der Waals surface area contributed by atoms with E-state index in [-0.39, 0.29) is 6.04 Å². The van der Waals surface area contributed by atoms with Gasteiger partial charge in [-0.05, 0) is 37.0 Å². The van der Waals surface area contributed by atoms with Gasteiger partial charge in [0.15, 0.2) is 0 Å². The number of aryl methyl sites for hydroxylation is 1. The summed E-state index contributed by atoms with van der Waals surface area (Å²) in [6, 6.07) is 11.2. The van der Waals surface area contributed by atoms with Gasteiger partial charge in [-0.3, -0.25) is 4.68 Å². The van der Waals surface area contributed by atoms with E-state index < -0.39 is 6.09 Å². The second-order valence-corrected chi connectivity index (χ2v) is 6.67. The SMILES string of the molecule is Cn1ncc2cc(Cl)nc(/C=C/CCCC(NC(=O)O)c3ccccc3)c21. The van der Waals surface area contributed by atoms with E-state index in [1.165, 1.54) is 0 Å². The molecule has 0 spiro atoms. The molecule has 0 fully saturated rings. The number of benzene rings is 1. The maximum Gasteiger partial charge on any atom is 0.405 e. The molecule has 3 aromatic rings. The summed E-state index contributed by atoms with van der Waals surface area (Å²) in [5, 5.41) is 17.3. The fraction of sp³-hybridized carbons (Fsp3) is 0.250. The van der Waals surface area contributed by atoms with Gasteiger partial charge < -0.3 is 10.4 Å². The standard InChI is InChI=1S/C20H21ClN4O2/c1-25-19-15(13-22-25)12-18(21)23-17(19)11-7-3-6-10-16(24-20(26)27)14-8-4-2-5-9-14/h2,4-5,7-9,11-13,16,24H,3,6,10H2,1H3,(H,26,27)/b11-7+. The Bertz CT molecular complexity index is 953. The quantitative estimate of drug-likeness (QED) is 0.452. The van der Waals surface area contributed by atoms with Crippen molar-refractivity contribution >= 4 is 34.7 Å². The average Bonchev–Trinajstić information content (AvgIpc) is 3.01. The second-order valence-electron chi connectivity index (χ2n) is 6.28. The summed E-state index contributed by atoms with van der Waals surface area (Å²) in [5.41, 5.74) is 2.68. The van der Waals surface area contributed by atoms with E-state index in [9.17, 15) is 4.79 Å². The van der Waals surface area contributed by atoms with Gasteiger partial charge in [0.1, 0.15) is 5.15 Å². The molecule has 3 rings (SSSR count). The zero-order chi connectivity index (χ0) is 19.2. The highest BCUT2D eigenvalue weighted by molar-refractivity contribution is 6.30. The van der Waals surface area contributed by atoms with Crippen molar-refractivity contribution in [2.45, 2.75) is 25.3 Å². The number of unbranched alkanes of at least 4 members (excludes halogenated alkanes) is 1. The summed E-state index contributed by atoms with van der Waals surface area (Å²) in [7, 11) is 1.87. The summed E-state index contributed by atoms with van der Waals surface area (Å²) >= 11 is 6.09. The first-order valence-electron chi connectivity index (χ1n) is 8.74. The zero-order valence-corrected chi connectivity index (χ0v) is 15.7. The highest BCUT2D eigenvalue weighted by Gasteiger charge is 2.13. The van der Waals surface area contributed by atoms with Crippen LogP contribution in [0.3, 0.4) is 0 Å². The van der Waals surface area contributed by atoms with Gasteiger partial charge in [0.25, 0.3) is 0 Å². The smallest absolute Gasteiger partial charge is 0.405 e. The van der Waals surface area contributed by atoms with Crippen molar-refractivity contribution in [1.29, 1.82) is 0 Å². The van der Waals surface area contributed by atoms with E-state index in [1.807, 2.05) is 49.5 Å². The molecule has 140 valence electrons. The molecule has 1 atom stereocenters. The van der Waals surface area contributed by atoms with Gasteiger partial charge in [-0.1, -0.05) is 48.0 Å².